The Morgan fingerprint density at radius 2 is 2.37 bits per heavy atom. The average molecular weight is 267 g/mol. The molecule has 1 fully saturated rings. The minimum Gasteiger partial charge on any atom is -0.383 e. The van der Waals surface area contributed by atoms with E-state index in [9.17, 15) is 0 Å². The van der Waals surface area contributed by atoms with Gasteiger partial charge in [-0.05, 0) is 19.4 Å². The molecule has 1 aliphatic rings. The molecule has 0 spiro atoms. The molecular formula is C13H25N5O. The lowest BCUT2D eigenvalue weighted by Gasteiger charge is -2.35. The van der Waals surface area contributed by atoms with Crippen LogP contribution in [0.4, 0.5) is 0 Å². The highest BCUT2D eigenvalue weighted by molar-refractivity contribution is 4.88. The third-order valence-electron chi connectivity index (χ3n) is 3.76. The minimum absolute atomic E-state index is 0.599. The van der Waals surface area contributed by atoms with Gasteiger partial charge in [0.05, 0.1) is 13.2 Å². The van der Waals surface area contributed by atoms with Gasteiger partial charge >= 0.3 is 0 Å². The largest absolute Gasteiger partial charge is 0.383 e. The number of hydrogen-bond acceptors (Lipinski definition) is 5. The number of nitrogens with zero attached hydrogens (tertiary/aromatic N) is 4. The van der Waals surface area contributed by atoms with Crippen LogP contribution < -0.4 is 5.32 Å². The Hall–Kier alpha value is -0.980. The summed E-state index contributed by atoms with van der Waals surface area (Å²) in [5.41, 5.74) is 0. The van der Waals surface area contributed by atoms with E-state index in [0.29, 0.717) is 6.04 Å². The van der Waals surface area contributed by atoms with Crippen LogP contribution in [0, 0.1) is 0 Å². The smallest absolute Gasteiger partial charge is 0.140 e. The number of rotatable bonds is 7. The number of ether oxygens (including phenoxy) is 1. The summed E-state index contributed by atoms with van der Waals surface area (Å²) in [5, 5.41) is 7.61. The number of methoxy groups -OCH3 is 1. The maximum Gasteiger partial charge on any atom is 0.140 e. The molecule has 6 nitrogen and oxygen atoms in total. The van der Waals surface area contributed by atoms with E-state index in [-0.39, 0.29) is 0 Å². The zero-order chi connectivity index (χ0) is 13.5. The van der Waals surface area contributed by atoms with Crippen LogP contribution >= 0.6 is 0 Å². The number of hydrogen-bond donors (Lipinski definition) is 1. The fourth-order valence-electron chi connectivity index (χ4n) is 2.59. The van der Waals surface area contributed by atoms with Crippen molar-refractivity contribution in [1.29, 1.82) is 0 Å². The number of piperidine rings is 1. The van der Waals surface area contributed by atoms with Crippen molar-refractivity contribution in [2.75, 3.05) is 33.4 Å². The highest BCUT2D eigenvalue weighted by atomic mass is 16.5. The summed E-state index contributed by atoms with van der Waals surface area (Å²) in [6, 6.07) is 0.599. The van der Waals surface area contributed by atoms with Crippen LogP contribution in [0.25, 0.3) is 0 Å². The van der Waals surface area contributed by atoms with Crippen LogP contribution in [0.15, 0.2) is 6.33 Å². The SMILES string of the molecule is COCCNCC1CCCCN1Cc1ncnn1C. The summed E-state index contributed by atoms with van der Waals surface area (Å²) in [6.45, 7) is 4.78. The van der Waals surface area contributed by atoms with Gasteiger partial charge < -0.3 is 10.1 Å². The molecule has 2 heterocycles. The second-order valence-electron chi connectivity index (χ2n) is 5.12. The zero-order valence-corrected chi connectivity index (χ0v) is 12.0. The Kier molecular flexibility index (Phi) is 5.75. The Morgan fingerprint density at radius 1 is 1.47 bits per heavy atom. The van der Waals surface area contributed by atoms with E-state index in [4.69, 9.17) is 4.74 Å². The lowest BCUT2D eigenvalue weighted by molar-refractivity contribution is 0.128. The van der Waals surface area contributed by atoms with Crippen molar-refractivity contribution in [3.8, 4) is 0 Å². The normalized spacial score (nSPS) is 20.8. The van der Waals surface area contributed by atoms with E-state index < -0.39 is 0 Å². The van der Waals surface area contributed by atoms with E-state index in [1.54, 1.807) is 13.4 Å². The van der Waals surface area contributed by atoms with E-state index in [1.807, 2.05) is 11.7 Å². The third kappa shape index (κ3) is 4.26. The average Bonchev–Trinajstić information content (AvgIpc) is 2.82. The summed E-state index contributed by atoms with van der Waals surface area (Å²) in [6.07, 6.45) is 5.50. The summed E-state index contributed by atoms with van der Waals surface area (Å²) >= 11 is 0. The Labute approximate surface area is 115 Å². The Balaban J connectivity index is 1.83. The van der Waals surface area contributed by atoms with Gasteiger partial charge in [-0.1, -0.05) is 6.42 Å². The molecule has 0 radical (unpaired) electrons. The summed E-state index contributed by atoms with van der Waals surface area (Å²) in [4.78, 5) is 6.84. The molecule has 0 amide bonds. The molecule has 6 heteroatoms. The molecule has 1 saturated heterocycles. The maximum absolute atomic E-state index is 5.06. The van der Waals surface area contributed by atoms with Crippen LogP contribution in [0.3, 0.4) is 0 Å². The van der Waals surface area contributed by atoms with Gasteiger partial charge in [0.1, 0.15) is 12.2 Å². The van der Waals surface area contributed by atoms with E-state index >= 15 is 0 Å². The van der Waals surface area contributed by atoms with Gasteiger partial charge in [-0.15, -0.1) is 0 Å². The molecule has 2 rings (SSSR count). The summed E-state index contributed by atoms with van der Waals surface area (Å²) in [7, 11) is 3.70. The van der Waals surface area contributed by atoms with Gasteiger partial charge in [-0.2, -0.15) is 5.10 Å². The molecule has 1 unspecified atom stereocenters. The monoisotopic (exact) mass is 267 g/mol. The predicted octanol–water partition coefficient (Wildman–Crippen LogP) is 0.406. The van der Waals surface area contributed by atoms with Crippen molar-refractivity contribution >= 4 is 0 Å². The molecule has 0 bridgehead atoms. The quantitative estimate of drug-likeness (QED) is 0.725. The highest BCUT2D eigenvalue weighted by Crippen LogP contribution is 2.18. The number of likely N-dealkylation sites (tertiary alicyclic amines) is 1. The van der Waals surface area contributed by atoms with Crippen molar-refractivity contribution in [3.63, 3.8) is 0 Å². The van der Waals surface area contributed by atoms with Crippen LogP contribution in [-0.2, 0) is 18.3 Å². The summed E-state index contributed by atoms with van der Waals surface area (Å²) in [5.74, 6) is 1.05. The van der Waals surface area contributed by atoms with E-state index in [0.717, 1.165) is 38.6 Å². The fraction of sp³-hybridized carbons (Fsp3) is 0.846. The lowest BCUT2D eigenvalue weighted by atomic mass is 10.0. The molecule has 1 aromatic rings. The maximum atomic E-state index is 5.06. The van der Waals surface area contributed by atoms with Crippen molar-refractivity contribution in [2.24, 2.45) is 7.05 Å². The van der Waals surface area contributed by atoms with Gasteiger partial charge in [0.15, 0.2) is 0 Å². The van der Waals surface area contributed by atoms with Crippen LogP contribution in [-0.4, -0.2) is 59.1 Å². The van der Waals surface area contributed by atoms with Gasteiger partial charge in [0.25, 0.3) is 0 Å². The van der Waals surface area contributed by atoms with Gasteiger partial charge in [-0.25, -0.2) is 4.98 Å². The molecule has 1 aromatic heterocycles. The van der Waals surface area contributed by atoms with Crippen molar-refractivity contribution < 1.29 is 4.74 Å². The molecule has 1 atom stereocenters. The summed E-state index contributed by atoms with van der Waals surface area (Å²) < 4.78 is 6.93. The standard InChI is InChI=1S/C13H25N5O/c1-17-13(15-11-16-17)10-18-7-4-3-5-12(18)9-14-6-8-19-2/h11-12,14H,3-10H2,1-2H3. The zero-order valence-electron chi connectivity index (χ0n) is 12.0. The molecule has 1 aliphatic heterocycles. The number of nitrogens with one attached hydrogen (secondary N) is 1. The molecule has 19 heavy (non-hydrogen) atoms. The first-order valence-corrected chi connectivity index (χ1v) is 7.08. The lowest BCUT2D eigenvalue weighted by Crippen LogP contribution is -2.45. The van der Waals surface area contributed by atoms with Crippen molar-refractivity contribution in [3.05, 3.63) is 12.2 Å². The molecule has 0 saturated carbocycles. The Bertz CT molecular complexity index is 368. The third-order valence-corrected chi connectivity index (χ3v) is 3.76. The first-order chi connectivity index (χ1) is 9.31. The van der Waals surface area contributed by atoms with Gasteiger partial charge in [-0.3, -0.25) is 9.58 Å². The molecular weight excluding hydrogens is 242 g/mol. The fourth-order valence-corrected chi connectivity index (χ4v) is 2.59. The first kappa shape index (κ1) is 14.4. The minimum atomic E-state index is 0.599. The van der Waals surface area contributed by atoms with E-state index in [2.05, 4.69) is 20.3 Å². The molecule has 1 N–H and O–H groups in total. The second-order valence-corrected chi connectivity index (χ2v) is 5.12. The first-order valence-electron chi connectivity index (χ1n) is 7.08. The number of aromatic nitrogens is 3. The topological polar surface area (TPSA) is 55.2 Å². The highest BCUT2D eigenvalue weighted by Gasteiger charge is 2.23. The van der Waals surface area contributed by atoms with Crippen molar-refractivity contribution in [2.45, 2.75) is 31.8 Å². The Morgan fingerprint density at radius 3 is 3.11 bits per heavy atom. The molecule has 108 valence electrons. The van der Waals surface area contributed by atoms with Gasteiger partial charge in [0.2, 0.25) is 0 Å². The molecule has 0 aromatic carbocycles. The second kappa shape index (κ2) is 7.57. The van der Waals surface area contributed by atoms with Crippen LogP contribution in [0.5, 0.6) is 0 Å². The van der Waals surface area contributed by atoms with Crippen LogP contribution in [0.1, 0.15) is 25.1 Å². The van der Waals surface area contributed by atoms with E-state index in [1.165, 1.54) is 19.3 Å². The molecule has 0 aliphatic carbocycles. The van der Waals surface area contributed by atoms with Crippen molar-refractivity contribution in [1.82, 2.24) is 25.0 Å². The van der Waals surface area contributed by atoms with Crippen LogP contribution in [0.2, 0.25) is 0 Å². The predicted molar refractivity (Wildman–Crippen MR) is 73.8 cm³/mol. The van der Waals surface area contributed by atoms with Gasteiger partial charge in [0, 0.05) is 33.3 Å². The number of aryl methyl sites for hydroxylation is 1.